The van der Waals surface area contributed by atoms with Crippen LogP contribution in [0.15, 0.2) is 48.1 Å². The van der Waals surface area contributed by atoms with Gasteiger partial charge in [0, 0.05) is 17.1 Å². The van der Waals surface area contributed by atoms with Gasteiger partial charge in [0.1, 0.15) is 5.69 Å². The molecule has 6 nitrogen and oxygen atoms in total. The van der Waals surface area contributed by atoms with Crippen molar-refractivity contribution in [3.8, 4) is 11.3 Å². The minimum atomic E-state index is -4.69. The molecule has 0 saturated carbocycles. The number of nitrogens with zero attached hydrogens (tertiary/aromatic N) is 4. The van der Waals surface area contributed by atoms with E-state index in [0.717, 1.165) is 6.07 Å². The standard InChI is InChI=1S/C18H9F6N5OS/c19-17(20,21)10-4-2-1-3-9(10)11-5-6-29-14(26-11)12(7-25-29)27-15(30)16-28-13(8-31-16)18(22,23)24/h1-8H,(H,27,30). The molecule has 0 aliphatic heterocycles. The third-order valence-electron chi connectivity index (χ3n) is 4.11. The highest BCUT2D eigenvalue weighted by Gasteiger charge is 2.35. The highest BCUT2D eigenvalue weighted by molar-refractivity contribution is 7.11. The first-order chi connectivity index (χ1) is 14.5. The number of anilines is 1. The summed E-state index contributed by atoms with van der Waals surface area (Å²) < 4.78 is 79.2. The quantitative estimate of drug-likeness (QED) is 0.433. The second-order valence-electron chi connectivity index (χ2n) is 6.17. The van der Waals surface area contributed by atoms with Crippen LogP contribution in [0.1, 0.15) is 21.1 Å². The lowest BCUT2D eigenvalue weighted by molar-refractivity contribution is -0.140. The van der Waals surface area contributed by atoms with Crippen molar-refractivity contribution >= 4 is 28.6 Å². The maximum atomic E-state index is 13.3. The number of thiazole rings is 1. The summed E-state index contributed by atoms with van der Waals surface area (Å²) >= 11 is 0.501. The van der Waals surface area contributed by atoms with Gasteiger partial charge in [0.2, 0.25) is 0 Å². The Morgan fingerprint density at radius 2 is 1.74 bits per heavy atom. The van der Waals surface area contributed by atoms with Gasteiger partial charge in [-0.3, -0.25) is 4.79 Å². The number of alkyl halides is 6. The number of carbonyl (C=O) groups excluding carboxylic acids is 1. The van der Waals surface area contributed by atoms with Crippen molar-refractivity contribution in [3.05, 3.63) is 64.4 Å². The average molecular weight is 457 g/mol. The van der Waals surface area contributed by atoms with E-state index in [4.69, 9.17) is 0 Å². The van der Waals surface area contributed by atoms with Gasteiger partial charge in [0.25, 0.3) is 5.91 Å². The molecular formula is C18H9F6N5OS. The summed E-state index contributed by atoms with van der Waals surface area (Å²) in [6, 6.07) is 6.17. The second-order valence-corrected chi connectivity index (χ2v) is 7.03. The van der Waals surface area contributed by atoms with Crippen LogP contribution in [0.3, 0.4) is 0 Å². The molecule has 0 spiro atoms. The van der Waals surface area contributed by atoms with Crippen LogP contribution in [0.2, 0.25) is 0 Å². The maximum absolute atomic E-state index is 13.3. The van der Waals surface area contributed by atoms with E-state index in [1.807, 2.05) is 0 Å². The van der Waals surface area contributed by atoms with Crippen LogP contribution in [0.4, 0.5) is 32.0 Å². The zero-order valence-corrected chi connectivity index (χ0v) is 15.8. The SMILES string of the molecule is O=C(Nc1cnn2ccc(-c3ccccc3C(F)(F)F)nc12)c1nc(C(F)(F)F)cs1. The van der Waals surface area contributed by atoms with Gasteiger partial charge in [-0.1, -0.05) is 18.2 Å². The lowest BCUT2D eigenvalue weighted by Gasteiger charge is -2.12. The summed E-state index contributed by atoms with van der Waals surface area (Å²) in [7, 11) is 0. The number of halogens is 6. The van der Waals surface area contributed by atoms with Crippen LogP contribution >= 0.6 is 11.3 Å². The first kappa shape index (κ1) is 20.8. The van der Waals surface area contributed by atoms with Gasteiger partial charge in [-0.2, -0.15) is 31.4 Å². The monoisotopic (exact) mass is 457 g/mol. The number of hydrogen-bond acceptors (Lipinski definition) is 5. The van der Waals surface area contributed by atoms with Crippen molar-refractivity contribution in [2.45, 2.75) is 12.4 Å². The fraction of sp³-hybridized carbons (Fsp3) is 0.111. The molecule has 4 aromatic rings. The molecular weight excluding hydrogens is 448 g/mol. The Bertz CT molecular complexity index is 1280. The summed E-state index contributed by atoms with van der Waals surface area (Å²) in [6.07, 6.45) is -6.77. The van der Waals surface area contributed by atoms with E-state index >= 15 is 0 Å². The molecule has 0 atom stereocenters. The predicted octanol–water partition coefficient (Wildman–Crippen LogP) is 5.14. The van der Waals surface area contributed by atoms with Crippen LogP contribution in [0.25, 0.3) is 16.9 Å². The minimum absolute atomic E-state index is 0.0000912. The van der Waals surface area contributed by atoms with Crippen LogP contribution in [-0.2, 0) is 12.4 Å². The molecule has 3 aromatic heterocycles. The average Bonchev–Trinajstić information content (AvgIpc) is 3.35. The Morgan fingerprint density at radius 3 is 2.42 bits per heavy atom. The Kier molecular flexibility index (Phi) is 4.92. The molecule has 3 heterocycles. The number of carbonyl (C=O) groups is 1. The molecule has 0 aliphatic rings. The van der Waals surface area contributed by atoms with E-state index < -0.39 is 34.5 Å². The minimum Gasteiger partial charge on any atom is -0.315 e. The van der Waals surface area contributed by atoms with Gasteiger partial charge < -0.3 is 5.32 Å². The number of fused-ring (bicyclic) bond motifs is 1. The van der Waals surface area contributed by atoms with Crippen LogP contribution in [0, 0.1) is 0 Å². The van der Waals surface area contributed by atoms with Crippen LogP contribution in [0.5, 0.6) is 0 Å². The third-order valence-corrected chi connectivity index (χ3v) is 4.96. The summed E-state index contributed by atoms with van der Waals surface area (Å²) in [5, 5.41) is 6.54. The fourth-order valence-corrected chi connectivity index (χ4v) is 3.46. The maximum Gasteiger partial charge on any atom is 0.434 e. The Balaban J connectivity index is 1.69. The number of benzene rings is 1. The topological polar surface area (TPSA) is 72.2 Å². The molecule has 0 unspecified atom stereocenters. The van der Waals surface area contributed by atoms with Crippen molar-refractivity contribution in [2.75, 3.05) is 5.32 Å². The summed E-state index contributed by atoms with van der Waals surface area (Å²) in [5.74, 6) is -0.932. The highest BCUT2D eigenvalue weighted by Crippen LogP contribution is 2.36. The summed E-state index contributed by atoms with van der Waals surface area (Å²) in [6.45, 7) is 0. The molecule has 1 amide bonds. The zero-order chi connectivity index (χ0) is 22.4. The van der Waals surface area contributed by atoms with Crippen LogP contribution in [-0.4, -0.2) is 25.5 Å². The Morgan fingerprint density at radius 1 is 1.00 bits per heavy atom. The molecule has 0 saturated heterocycles. The molecule has 0 radical (unpaired) electrons. The van der Waals surface area contributed by atoms with E-state index in [0.29, 0.717) is 16.7 Å². The first-order valence-corrected chi connectivity index (χ1v) is 9.27. The van der Waals surface area contributed by atoms with Gasteiger partial charge in [-0.25, -0.2) is 14.5 Å². The van der Waals surface area contributed by atoms with E-state index in [1.54, 1.807) is 0 Å². The molecule has 31 heavy (non-hydrogen) atoms. The number of hydrogen-bond donors (Lipinski definition) is 1. The van der Waals surface area contributed by atoms with Gasteiger partial charge in [-0.05, 0) is 12.1 Å². The van der Waals surface area contributed by atoms with Crippen molar-refractivity contribution < 1.29 is 31.1 Å². The molecule has 1 N–H and O–H groups in total. The molecule has 13 heteroatoms. The number of nitrogens with one attached hydrogen (secondary N) is 1. The number of rotatable bonds is 3. The largest absolute Gasteiger partial charge is 0.434 e. The lowest BCUT2D eigenvalue weighted by atomic mass is 10.0. The molecule has 0 bridgehead atoms. The van der Waals surface area contributed by atoms with Gasteiger partial charge in [-0.15, -0.1) is 11.3 Å². The third kappa shape index (κ3) is 4.08. The van der Waals surface area contributed by atoms with Gasteiger partial charge in [0.05, 0.1) is 17.5 Å². The van der Waals surface area contributed by atoms with E-state index in [2.05, 4.69) is 20.4 Å². The van der Waals surface area contributed by atoms with Crippen LogP contribution < -0.4 is 5.32 Å². The molecule has 0 aliphatic carbocycles. The molecule has 4 rings (SSSR count). The smallest absolute Gasteiger partial charge is 0.315 e. The first-order valence-electron chi connectivity index (χ1n) is 8.39. The van der Waals surface area contributed by atoms with E-state index in [-0.39, 0.29) is 22.6 Å². The number of amides is 1. The van der Waals surface area contributed by atoms with Crippen molar-refractivity contribution in [3.63, 3.8) is 0 Å². The zero-order valence-electron chi connectivity index (χ0n) is 15.0. The van der Waals surface area contributed by atoms with Crippen molar-refractivity contribution in [1.29, 1.82) is 0 Å². The van der Waals surface area contributed by atoms with Crippen molar-refractivity contribution in [1.82, 2.24) is 19.6 Å². The Labute approximate surface area is 173 Å². The summed E-state index contributed by atoms with van der Waals surface area (Å²) in [4.78, 5) is 19.7. The number of aromatic nitrogens is 4. The van der Waals surface area contributed by atoms with E-state index in [1.165, 1.54) is 41.2 Å². The van der Waals surface area contributed by atoms with Gasteiger partial charge in [0.15, 0.2) is 16.3 Å². The van der Waals surface area contributed by atoms with Gasteiger partial charge >= 0.3 is 12.4 Å². The molecule has 160 valence electrons. The highest BCUT2D eigenvalue weighted by atomic mass is 32.1. The second kappa shape index (κ2) is 7.34. The molecule has 1 aromatic carbocycles. The lowest BCUT2D eigenvalue weighted by Crippen LogP contribution is -2.13. The predicted molar refractivity (Wildman–Crippen MR) is 98.5 cm³/mol. The Hall–Kier alpha value is -3.48. The fourth-order valence-electron chi connectivity index (χ4n) is 2.74. The normalized spacial score (nSPS) is 12.3. The summed E-state index contributed by atoms with van der Waals surface area (Å²) in [5.41, 5.74) is -2.28. The van der Waals surface area contributed by atoms with E-state index in [9.17, 15) is 31.1 Å². The molecule has 0 fully saturated rings. The van der Waals surface area contributed by atoms with Crippen molar-refractivity contribution in [2.24, 2.45) is 0 Å².